The molecule has 3 rings (SSSR count). The van der Waals surface area contributed by atoms with Crippen molar-refractivity contribution in [3.63, 3.8) is 0 Å². The van der Waals surface area contributed by atoms with Gasteiger partial charge in [-0.2, -0.15) is 5.26 Å². The first-order valence-electron chi connectivity index (χ1n) is 7.77. The van der Waals surface area contributed by atoms with E-state index in [4.69, 9.17) is 28.5 Å². The Labute approximate surface area is 169 Å². The third-order valence-electron chi connectivity index (χ3n) is 3.67. The van der Waals surface area contributed by atoms with Crippen molar-refractivity contribution in [1.29, 1.82) is 5.26 Å². The Bertz CT molecular complexity index is 960. The molecule has 1 aliphatic heterocycles. The molecule has 1 N–H and O–H groups in total. The summed E-state index contributed by atoms with van der Waals surface area (Å²) >= 11 is 12.9. The van der Waals surface area contributed by atoms with Crippen molar-refractivity contribution in [2.45, 2.75) is 11.7 Å². The summed E-state index contributed by atoms with van der Waals surface area (Å²) in [4.78, 5) is 30.5. The van der Waals surface area contributed by atoms with E-state index in [2.05, 4.69) is 10.3 Å². The van der Waals surface area contributed by atoms with Gasteiger partial charge in [-0.3, -0.25) is 14.9 Å². The second-order valence-electron chi connectivity index (χ2n) is 5.47. The molecule has 6 nitrogen and oxygen atoms in total. The van der Waals surface area contributed by atoms with Crippen LogP contribution in [0.15, 0.2) is 53.5 Å². The highest BCUT2D eigenvalue weighted by molar-refractivity contribution is 8.15. The van der Waals surface area contributed by atoms with Crippen LogP contribution in [-0.2, 0) is 9.59 Å². The molecule has 2 aromatic carbocycles. The standard InChI is InChI=1S/C18H12Cl2N4O2S/c19-13-7-6-12(8-14(13)20)24-16(25)9-15(17(24)26)27-18(22-10-21)23-11-4-2-1-3-5-11/h1-8,15H,9H2,(H,22,23)/t15-/m0/s1. The van der Waals surface area contributed by atoms with Gasteiger partial charge < -0.3 is 0 Å². The lowest BCUT2D eigenvalue weighted by Crippen LogP contribution is -2.32. The Hall–Kier alpha value is -2.53. The van der Waals surface area contributed by atoms with Gasteiger partial charge in [0.05, 0.1) is 21.4 Å². The highest BCUT2D eigenvalue weighted by Crippen LogP contribution is 2.33. The van der Waals surface area contributed by atoms with Crippen molar-refractivity contribution < 1.29 is 9.59 Å². The molecule has 1 aliphatic rings. The number of benzene rings is 2. The number of amidine groups is 1. The Morgan fingerprint density at radius 2 is 1.93 bits per heavy atom. The molecular formula is C18H12Cl2N4O2S. The number of para-hydroxylation sites is 1. The van der Waals surface area contributed by atoms with E-state index in [1.165, 1.54) is 12.1 Å². The van der Waals surface area contributed by atoms with E-state index in [0.717, 1.165) is 16.7 Å². The number of hydrogen-bond acceptors (Lipinski definition) is 5. The van der Waals surface area contributed by atoms with Crippen LogP contribution in [0, 0.1) is 11.5 Å². The third kappa shape index (κ3) is 4.42. The number of carbonyl (C=O) groups excluding carboxylic acids is 2. The lowest BCUT2D eigenvalue weighted by atomic mass is 10.3. The molecule has 0 saturated carbocycles. The zero-order valence-corrected chi connectivity index (χ0v) is 16.1. The number of carbonyl (C=O) groups is 2. The molecule has 1 atom stereocenters. The highest BCUT2D eigenvalue weighted by Gasteiger charge is 2.41. The number of imide groups is 1. The predicted molar refractivity (Wildman–Crippen MR) is 107 cm³/mol. The van der Waals surface area contributed by atoms with E-state index in [1.54, 1.807) is 24.4 Å². The first kappa shape index (κ1) is 19.2. The van der Waals surface area contributed by atoms with Crippen molar-refractivity contribution >= 4 is 63.3 Å². The lowest BCUT2D eigenvalue weighted by molar-refractivity contribution is -0.121. The van der Waals surface area contributed by atoms with Crippen LogP contribution in [-0.4, -0.2) is 22.2 Å². The highest BCUT2D eigenvalue weighted by atomic mass is 35.5. The smallest absolute Gasteiger partial charge is 0.247 e. The Morgan fingerprint density at radius 3 is 2.59 bits per heavy atom. The number of anilines is 1. The van der Waals surface area contributed by atoms with Crippen LogP contribution in [0.4, 0.5) is 11.4 Å². The average molecular weight is 419 g/mol. The molecule has 9 heteroatoms. The van der Waals surface area contributed by atoms with Gasteiger partial charge in [0.2, 0.25) is 11.8 Å². The molecule has 1 saturated heterocycles. The fraction of sp³-hybridized carbons (Fsp3) is 0.111. The summed E-state index contributed by atoms with van der Waals surface area (Å²) in [6, 6.07) is 13.6. The van der Waals surface area contributed by atoms with E-state index in [1.807, 2.05) is 18.2 Å². The Balaban J connectivity index is 1.82. The minimum Gasteiger partial charge on any atom is -0.274 e. The van der Waals surface area contributed by atoms with Crippen LogP contribution in [0.5, 0.6) is 0 Å². The van der Waals surface area contributed by atoms with Gasteiger partial charge >= 0.3 is 0 Å². The number of hydrogen-bond donors (Lipinski definition) is 1. The summed E-state index contributed by atoms with van der Waals surface area (Å²) in [6.45, 7) is 0. The van der Waals surface area contributed by atoms with Crippen molar-refractivity contribution in [3.8, 4) is 6.19 Å². The van der Waals surface area contributed by atoms with Crippen LogP contribution >= 0.6 is 35.0 Å². The molecule has 2 aromatic rings. The first-order valence-corrected chi connectivity index (χ1v) is 9.40. The average Bonchev–Trinajstić information content (AvgIpc) is 2.92. The van der Waals surface area contributed by atoms with Crippen molar-refractivity contribution in [2.75, 3.05) is 4.90 Å². The molecule has 0 radical (unpaired) electrons. The van der Waals surface area contributed by atoms with Gasteiger partial charge in [-0.15, -0.1) is 0 Å². The van der Waals surface area contributed by atoms with Gasteiger partial charge in [-0.05, 0) is 30.3 Å². The van der Waals surface area contributed by atoms with Crippen LogP contribution in [0.3, 0.4) is 0 Å². The maximum Gasteiger partial charge on any atom is 0.247 e. The first-order chi connectivity index (χ1) is 13.0. The molecule has 1 fully saturated rings. The molecule has 136 valence electrons. The molecule has 0 bridgehead atoms. The second kappa shape index (κ2) is 8.44. The van der Waals surface area contributed by atoms with E-state index in [9.17, 15) is 9.59 Å². The van der Waals surface area contributed by atoms with Gasteiger partial charge in [0, 0.05) is 6.42 Å². The van der Waals surface area contributed by atoms with Crippen LogP contribution < -0.4 is 10.2 Å². The molecule has 0 spiro atoms. The van der Waals surface area contributed by atoms with Gasteiger partial charge in [0.15, 0.2) is 11.4 Å². The molecule has 0 unspecified atom stereocenters. The van der Waals surface area contributed by atoms with Gasteiger partial charge in [0.1, 0.15) is 5.25 Å². The summed E-state index contributed by atoms with van der Waals surface area (Å²) < 4.78 is 0. The van der Waals surface area contributed by atoms with Crippen molar-refractivity contribution in [1.82, 2.24) is 5.32 Å². The fourth-order valence-electron chi connectivity index (χ4n) is 2.48. The Kier molecular flexibility index (Phi) is 6.01. The molecule has 0 aromatic heterocycles. The second-order valence-corrected chi connectivity index (χ2v) is 7.47. The summed E-state index contributed by atoms with van der Waals surface area (Å²) in [7, 11) is 0. The number of amides is 2. The van der Waals surface area contributed by atoms with E-state index in [-0.39, 0.29) is 22.5 Å². The lowest BCUT2D eigenvalue weighted by Gasteiger charge is -2.15. The summed E-state index contributed by atoms with van der Waals surface area (Å²) in [5.41, 5.74) is 0.984. The summed E-state index contributed by atoms with van der Waals surface area (Å²) in [5, 5.41) is 11.5. The van der Waals surface area contributed by atoms with E-state index >= 15 is 0 Å². The van der Waals surface area contributed by atoms with Crippen LogP contribution in [0.2, 0.25) is 10.0 Å². The molecule has 1 heterocycles. The molecule has 2 amide bonds. The van der Waals surface area contributed by atoms with E-state index in [0.29, 0.717) is 16.4 Å². The SMILES string of the molecule is N#CNC(=Nc1ccccc1)S[C@H]1CC(=O)N(c2ccc(Cl)c(Cl)c2)C1=O. The number of aliphatic imine (C=N–C) groups is 1. The molecular weight excluding hydrogens is 407 g/mol. The number of nitrogens with one attached hydrogen (secondary N) is 1. The van der Waals surface area contributed by atoms with Crippen LogP contribution in [0.1, 0.15) is 6.42 Å². The Morgan fingerprint density at radius 1 is 1.19 bits per heavy atom. The quantitative estimate of drug-likeness (QED) is 0.266. The number of halogens is 2. The third-order valence-corrected chi connectivity index (χ3v) is 5.48. The zero-order valence-electron chi connectivity index (χ0n) is 13.7. The number of rotatable bonds is 3. The predicted octanol–water partition coefficient (Wildman–Crippen LogP) is 4.12. The monoisotopic (exact) mass is 418 g/mol. The largest absolute Gasteiger partial charge is 0.274 e. The summed E-state index contributed by atoms with van der Waals surface area (Å²) in [5.74, 6) is -0.754. The maximum absolute atomic E-state index is 12.7. The van der Waals surface area contributed by atoms with Gasteiger partial charge in [0.25, 0.3) is 0 Å². The minimum atomic E-state index is -0.699. The maximum atomic E-state index is 12.7. The van der Waals surface area contributed by atoms with Gasteiger partial charge in [-0.1, -0.05) is 53.2 Å². The fourth-order valence-corrected chi connectivity index (χ4v) is 3.73. The molecule has 0 aliphatic carbocycles. The minimum absolute atomic E-state index is 0.00926. The number of nitrogens with zero attached hydrogens (tertiary/aromatic N) is 3. The van der Waals surface area contributed by atoms with Gasteiger partial charge in [-0.25, -0.2) is 9.89 Å². The van der Waals surface area contributed by atoms with Crippen LogP contribution in [0.25, 0.3) is 0 Å². The topological polar surface area (TPSA) is 85.6 Å². The summed E-state index contributed by atoms with van der Waals surface area (Å²) in [6.07, 6.45) is 1.79. The van der Waals surface area contributed by atoms with Crippen molar-refractivity contribution in [3.05, 3.63) is 58.6 Å². The normalized spacial score (nSPS) is 17.1. The number of thioether (sulfide) groups is 1. The number of nitriles is 1. The van der Waals surface area contributed by atoms with E-state index < -0.39 is 11.2 Å². The molecule has 27 heavy (non-hydrogen) atoms. The van der Waals surface area contributed by atoms with Crippen molar-refractivity contribution in [2.24, 2.45) is 4.99 Å². The zero-order chi connectivity index (χ0) is 19.4.